The quantitative estimate of drug-likeness (QED) is 0.765. The van der Waals surface area contributed by atoms with Gasteiger partial charge in [-0.05, 0) is 36.5 Å². The van der Waals surface area contributed by atoms with E-state index >= 15 is 0 Å². The molecule has 2 atom stereocenters. The average Bonchev–Trinajstić information content (AvgIpc) is 3.24. The van der Waals surface area contributed by atoms with Gasteiger partial charge in [0.1, 0.15) is 5.75 Å². The van der Waals surface area contributed by atoms with Crippen LogP contribution < -0.4 is 15.4 Å². The molecule has 0 saturated heterocycles. The van der Waals surface area contributed by atoms with Crippen LogP contribution in [-0.2, 0) is 16.0 Å². The normalized spacial score (nSPS) is 19.4. The molecule has 1 fully saturated rings. The van der Waals surface area contributed by atoms with Crippen LogP contribution in [0.5, 0.6) is 5.75 Å². The summed E-state index contributed by atoms with van der Waals surface area (Å²) in [5, 5.41) is 5.68. The van der Waals surface area contributed by atoms with Crippen LogP contribution in [0.3, 0.4) is 0 Å². The lowest BCUT2D eigenvalue weighted by Crippen LogP contribution is -2.32. The van der Waals surface area contributed by atoms with Crippen LogP contribution in [0.1, 0.15) is 25.3 Å². The molecule has 1 aromatic carbocycles. The van der Waals surface area contributed by atoms with Crippen LogP contribution in [0.15, 0.2) is 24.3 Å². The van der Waals surface area contributed by atoms with Gasteiger partial charge in [0.2, 0.25) is 11.8 Å². The Morgan fingerprint density at radius 1 is 1.27 bits per heavy atom. The van der Waals surface area contributed by atoms with Gasteiger partial charge in [-0.25, -0.2) is 0 Å². The molecule has 5 heteroatoms. The first-order valence-electron chi connectivity index (χ1n) is 7.77. The number of ether oxygens (including phenoxy) is 1. The Bertz CT molecular complexity index is 530. The predicted molar refractivity (Wildman–Crippen MR) is 84.6 cm³/mol. The summed E-state index contributed by atoms with van der Waals surface area (Å²) >= 11 is 0. The van der Waals surface area contributed by atoms with Gasteiger partial charge < -0.3 is 15.4 Å². The van der Waals surface area contributed by atoms with Gasteiger partial charge in [-0.3, -0.25) is 9.59 Å². The molecule has 2 unspecified atom stereocenters. The fourth-order valence-corrected chi connectivity index (χ4v) is 2.38. The summed E-state index contributed by atoms with van der Waals surface area (Å²) in [6, 6.07) is 7.80. The molecule has 0 spiro atoms. The van der Waals surface area contributed by atoms with E-state index in [9.17, 15) is 9.59 Å². The number of hydrogen-bond donors (Lipinski definition) is 2. The van der Waals surface area contributed by atoms with Crippen LogP contribution in [0.4, 0.5) is 0 Å². The highest BCUT2D eigenvalue weighted by Gasteiger charge is 2.38. The molecule has 1 saturated carbocycles. The minimum Gasteiger partial charge on any atom is -0.497 e. The van der Waals surface area contributed by atoms with Crippen molar-refractivity contribution in [3.05, 3.63) is 29.8 Å². The van der Waals surface area contributed by atoms with Gasteiger partial charge in [0.25, 0.3) is 0 Å². The van der Waals surface area contributed by atoms with E-state index in [4.69, 9.17) is 4.74 Å². The van der Waals surface area contributed by atoms with Crippen molar-refractivity contribution in [3.63, 3.8) is 0 Å². The molecule has 2 N–H and O–H groups in total. The fraction of sp³-hybridized carbons (Fsp3) is 0.529. The Morgan fingerprint density at radius 2 is 2.05 bits per heavy atom. The summed E-state index contributed by atoms with van der Waals surface area (Å²) in [5.74, 6) is 1.53. The monoisotopic (exact) mass is 304 g/mol. The maximum Gasteiger partial charge on any atom is 0.223 e. The summed E-state index contributed by atoms with van der Waals surface area (Å²) in [7, 11) is 1.64. The van der Waals surface area contributed by atoms with Crippen molar-refractivity contribution in [2.24, 2.45) is 11.8 Å². The summed E-state index contributed by atoms with van der Waals surface area (Å²) in [5.41, 5.74) is 1.12. The molecule has 1 aliphatic rings. The lowest BCUT2D eigenvalue weighted by Gasteiger charge is -2.07. The zero-order valence-corrected chi connectivity index (χ0v) is 13.2. The van der Waals surface area contributed by atoms with Gasteiger partial charge in [0, 0.05) is 25.4 Å². The largest absolute Gasteiger partial charge is 0.497 e. The number of rotatable bonds is 8. The van der Waals surface area contributed by atoms with Crippen molar-refractivity contribution in [1.82, 2.24) is 10.6 Å². The molecule has 0 aliphatic heterocycles. The maximum atomic E-state index is 11.7. The van der Waals surface area contributed by atoms with Crippen LogP contribution in [0.25, 0.3) is 0 Å². The third kappa shape index (κ3) is 5.06. The number of benzene rings is 1. The number of methoxy groups -OCH3 is 1. The van der Waals surface area contributed by atoms with Crippen molar-refractivity contribution in [1.29, 1.82) is 0 Å². The summed E-state index contributed by atoms with van der Waals surface area (Å²) in [6.45, 7) is 3.06. The molecule has 0 heterocycles. The zero-order valence-electron chi connectivity index (χ0n) is 13.2. The highest BCUT2D eigenvalue weighted by Crippen LogP contribution is 2.37. The lowest BCUT2D eigenvalue weighted by atomic mass is 10.1. The first-order chi connectivity index (χ1) is 10.6. The topological polar surface area (TPSA) is 67.4 Å². The number of amides is 2. The molecular formula is C17H24N2O3. The van der Waals surface area contributed by atoms with Gasteiger partial charge in [-0.15, -0.1) is 0 Å². The smallest absolute Gasteiger partial charge is 0.223 e. The van der Waals surface area contributed by atoms with Gasteiger partial charge in [-0.2, -0.15) is 0 Å². The summed E-state index contributed by atoms with van der Waals surface area (Å²) in [4.78, 5) is 23.3. The van der Waals surface area contributed by atoms with Crippen molar-refractivity contribution < 1.29 is 14.3 Å². The van der Waals surface area contributed by atoms with E-state index in [1.807, 2.05) is 24.3 Å². The molecular weight excluding hydrogens is 280 g/mol. The van der Waals surface area contributed by atoms with Gasteiger partial charge >= 0.3 is 0 Å². The third-order valence-electron chi connectivity index (χ3n) is 3.97. The summed E-state index contributed by atoms with van der Waals surface area (Å²) < 4.78 is 5.16. The Labute approximate surface area is 131 Å². The number of hydrogen-bond acceptors (Lipinski definition) is 3. The van der Waals surface area contributed by atoms with Crippen LogP contribution >= 0.6 is 0 Å². The van der Waals surface area contributed by atoms with Crippen LogP contribution in [0.2, 0.25) is 0 Å². The van der Waals surface area contributed by atoms with E-state index in [-0.39, 0.29) is 17.7 Å². The van der Waals surface area contributed by atoms with Crippen molar-refractivity contribution >= 4 is 11.8 Å². The molecule has 5 nitrogen and oxygen atoms in total. The highest BCUT2D eigenvalue weighted by atomic mass is 16.5. The summed E-state index contributed by atoms with van der Waals surface area (Å²) in [6.07, 6.45) is 2.05. The van der Waals surface area contributed by atoms with Gasteiger partial charge in [0.05, 0.1) is 7.11 Å². The van der Waals surface area contributed by atoms with E-state index < -0.39 is 0 Å². The Kier molecular flexibility index (Phi) is 5.81. The van der Waals surface area contributed by atoms with E-state index in [1.54, 1.807) is 7.11 Å². The molecule has 1 aromatic rings. The minimum atomic E-state index is -0.0351. The predicted octanol–water partition coefficient (Wildman–Crippen LogP) is 1.52. The zero-order chi connectivity index (χ0) is 15.9. The van der Waals surface area contributed by atoms with Gasteiger partial charge in [0.15, 0.2) is 0 Å². The second-order valence-electron chi connectivity index (χ2n) is 5.81. The Morgan fingerprint density at radius 3 is 2.73 bits per heavy atom. The molecule has 0 aromatic heterocycles. The van der Waals surface area contributed by atoms with E-state index in [1.165, 1.54) is 0 Å². The SMILES string of the molecule is COc1cccc(CCNC(=O)CCNC(=O)C2CC2C)c1. The lowest BCUT2D eigenvalue weighted by molar-refractivity contribution is -0.123. The minimum absolute atomic E-state index is 0.0351. The van der Waals surface area contributed by atoms with Crippen molar-refractivity contribution in [2.45, 2.75) is 26.2 Å². The number of carbonyl (C=O) groups excluding carboxylic acids is 2. The first-order valence-corrected chi connectivity index (χ1v) is 7.77. The van der Waals surface area contributed by atoms with E-state index in [0.29, 0.717) is 25.4 Å². The number of nitrogens with one attached hydrogen (secondary N) is 2. The molecule has 22 heavy (non-hydrogen) atoms. The van der Waals surface area contributed by atoms with Gasteiger partial charge in [-0.1, -0.05) is 19.1 Å². The average molecular weight is 304 g/mol. The second-order valence-corrected chi connectivity index (χ2v) is 5.81. The van der Waals surface area contributed by atoms with Crippen LogP contribution in [0, 0.1) is 11.8 Å². The van der Waals surface area contributed by atoms with E-state index in [0.717, 1.165) is 24.2 Å². The third-order valence-corrected chi connectivity index (χ3v) is 3.97. The van der Waals surface area contributed by atoms with E-state index in [2.05, 4.69) is 17.6 Å². The fourth-order valence-electron chi connectivity index (χ4n) is 2.38. The molecule has 2 rings (SSSR count). The first kappa shape index (κ1) is 16.3. The van der Waals surface area contributed by atoms with Crippen molar-refractivity contribution in [3.8, 4) is 5.75 Å². The Hall–Kier alpha value is -2.04. The highest BCUT2D eigenvalue weighted by molar-refractivity contribution is 5.82. The molecule has 1 aliphatic carbocycles. The molecule has 2 amide bonds. The molecule has 0 bridgehead atoms. The van der Waals surface area contributed by atoms with Crippen molar-refractivity contribution in [2.75, 3.05) is 20.2 Å². The number of carbonyl (C=O) groups is 2. The second kappa shape index (κ2) is 7.82. The molecule has 120 valence electrons. The molecule has 0 radical (unpaired) electrons. The Balaban J connectivity index is 1.58. The standard InChI is InChI=1S/C17H24N2O3/c1-12-10-15(12)17(21)19-9-7-16(20)18-8-6-13-4-3-5-14(11-13)22-2/h3-5,11-12,15H,6-10H2,1-2H3,(H,18,20)(H,19,21). The van der Waals surface area contributed by atoms with Crippen LogP contribution in [-0.4, -0.2) is 32.0 Å². The maximum absolute atomic E-state index is 11.7.